The zero-order chi connectivity index (χ0) is 15.5. The van der Waals surface area contributed by atoms with Crippen LogP contribution in [0.4, 0.5) is 0 Å². The van der Waals surface area contributed by atoms with Gasteiger partial charge in [0.2, 0.25) is 11.8 Å². The number of hydrogen-bond acceptors (Lipinski definition) is 5. The van der Waals surface area contributed by atoms with Crippen LogP contribution in [0.15, 0.2) is 21.9 Å². The monoisotopic (exact) mass is 320 g/mol. The fourth-order valence-electron chi connectivity index (χ4n) is 2.68. The van der Waals surface area contributed by atoms with Crippen molar-refractivity contribution < 1.29 is 13.9 Å². The van der Waals surface area contributed by atoms with Crippen LogP contribution in [0, 0.1) is 6.92 Å². The largest absolute Gasteiger partial charge is 0.440 e. The van der Waals surface area contributed by atoms with Gasteiger partial charge in [-0.1, -0.05) is 6.07 Å². The zero-order valence-electron chi connectivity index (χ0n) is 12.9. The highest BCUT2D eigenvalue weighted by atomic mass is 32.1. The number of hydrogen-bond donors (Lipinski definition) is 0. The van der Waals surface area contributed by atoms with E-state index in [1.165, 1.54) is 0 Å². The number of aryl methyl sites for hydroxylation is 1. The predicted octanol–water partition coefficient (Wildman–Crippen LogP) is 2.89. The molecule has 0 aromatic carbocycles. The van der Waals surface area contributed by atoms with Gasteiger partial charge in [0.1, 0.15) is 5.76 Å². The van der Waals surface area contributed by atoms with E-state index in [0.29, 0.717) is 25.5 Å². The van der Waals surface area contributed by atoms with Gasteiger partial charge < -0.3 is 14.1 Å². The molecular weight excluding hydrogens is 300 g/mol. The Balaban J connectivity index is 1.65. The first-order valence-electron chi connectivity index (χ1n) is 7.57. The van der Waals surface area contributed by atoms with E-state index in [4.69, 9.17) is 9.15 Å². The van der Waals surface area contributed by atoms with Crippen LogP contribution in [0.3, 0.4) is 0 Å². The molecule has 1 aliphatic rings. The quantitative estimate of drug-likeness (QED) is 0.850. The molecule has 1 saturated heterocycles. The van der Waals surface area contributed by atoms with Gasteiger partial charge in [-0.25, -0.2) is 4.98 Å². The first-order valence-corrected chi connectivity index (χ1v) is 8.45. The Kier molecular flexibility index (Phi) is 4.59. The van der Waals surface area contributed by atoms with Crippen molar-refractivity contribution in [1.29, 1.82) is 0 Å². The van der Waals surface area contributed by atoms with E-state index in [0.717, 1.165) is 29.3 Å². The lowest BCUT2D eigenvalue weighted by Crippen LogP contribution is -2.31. The summed E-state index contributed by atoms with van der Waals surface area (Å²) in [6.07, 6.45) is 1.38. The van der Waals surface area contributed by atoms with Crippen molar-refractivity contribution >= 4 is 17.2 Å². The Morgan fingerprint density at radius 3 is 3.18 bits per heavy atom. The number of nitrogens with zero attached hydrogens (tertiary/aromatic N) is 2. The molecule has 0 saturated carbocycles. The van der Waals surface area contributed by atoms with Crippen molar-refractivity contribution in [2.75, 3.05) is 19.7 Å². The summed E-state index contributed by atoms with van der Waals surface area (Å²) in [5.41, 5.74) is 0.730. The summed E-state index contributed by atoms with van der Waals surface area (Å²) in [5, 5.41) is 1.98. The topological polar surface area (TPSA) is 55.6 Å². The smallest absolute Gasteiger partial charge is 0.236 e. The first-order chi connectivity index (χ1) is 10.7. The summed E-state index contributed by atoms with van der Waals surface area (Å²) in [6.45, 7) is 5.98. The molecule has 3 heterocycles. The van der Waals surface area contributed by atoms with E-state index in [1.807, 2.05) is 36.3 Å². The number of ether oxygens (including phenoxy) is 1. The van der Waals surface area contributed by atoms with E-state index in [1.54, 1.807) is 11.3 Å². The fraction of sp³-hybridized carbons (Fsp3) is 0.500. The second kappa shape index (κ2) is 6.62. The molecule has 1 aliphatic heterocycles. The van der Waals surface area contributed by atoms with Gasteiger partial charge in [0.05, 0.1) is 23.1 Å². The average molecular weight is 320 g/mol. The Bertz CT molecular complexity index is 636. The molecule has 5 nitrogen and oxygen atoms in total. The summed E-state index contributed by atoms with van der Waals surface area (Å²) >= 11 is 1.58. The Labute approximate surface area is 133 Å². The number of aromatic nitrogens is 1. The second-order valence-corrected chi connectivity index (χ2v) is 6.33. The molecule has 0 aliphatic carbocycles. The molecular formula is C16H20N2O3S. The van der Waals surface area contributed by atoms with Crippen molar-refractivity contribution in [1.82, 2.24) is 9.88 Å². The Morgan fingerprint density at radius 2 is 2.45 bits per heavy atom. The molecule has 22 heavy (non-hydrogen) atoms. The number of carbonyl (C=O) groups is 1. The predicted molar refractivity (Wildman–Crippen MR) is 84.9 cm³/mol. The minimum atomic E-state index is 0.0938. The standard InChI is InChI=1S/C16H20N2O3S/c1-3-20-12-6-7-18(10-12)15(19)9-13-11(2)21-16(17-13)14-5-4-8-22-14/h4-5,8,12H,3,6-7,9-10H2,1-2H3/t12-/m0/s1. The molecule has 1 amide bonds. The maximum atomic E-state index is 12.4. The lowest BCUT2D eigenvalue weighted by atomic mass is 10.2. The SMILES string of the molecule is CCO[C@H]1CCN(C(=O)Cc2nc(-c3cccs3)oc2C)C1. The van der Waals surface area contributed by atoms with Gasteiger partial charge in [0.15, 0.2) is 0 Å². The van der Waals surface area contributed by atoms with Crippen LogP contribution >= 0.6 is 11.3 Å². The van der Waals surface area contributed by atoms with Gasteiger partial charge in [0, 0.05) is 19.7 Å². The van der Waals surface area contributed by atoms with Crippen LogP contribution < -0.4 is 0 Å². The number of oxazole rings is 1. The summed E-state index contributed by atoms with van der Waals surface area (Å²) in [4.78, 5) is 19.7. The van der Waals surface area contributed by atoms with Crippen LogP contribution in [0.1, 0.15) is 24.8 Å². The second-order valence-electron chi connectivity index (χ2n) is 5.38. The summed E-state index contributed by atoms with van der Waals surface area (Å²) in [6, 6.07) is 3.93. The molecule has 0 radical (unpaired) electrons. The molecule has 2 aromatic heterocycles. The normalized spacial score (nSPS) is 18.1. The van der Waals surface area contributed by atoms with E-state index in [2.05, 4.69) is 4.98 Å². The molecule has 0 N–H and O–H groups in total. The van der Waals surface area contributed by atoms with Crippen molar-refractivity contribution in [2.45, 2.75) is 32.8 Å². The van der Waals surface area contributed by atoms with Crippen LogP contribution in [0.25, 0.3) is 10.8 Å². The van der Waals surface area contributed by atoms with Crippen molar-refractivity contribution in [2.24, 2.45) is 0 Å². The highest BCUT2D eigenvalue weighted by Crippen LogP contribution is 2.26. The van der Waals surface area contributed by atoms with Crippen molar-refractivity contribution in [3.05, 3.63) is 29.0 Å². The van der Waals surface area contributed by atoms with E-state index >= 15 is 0 Å². The first kappa shape index (κ1) is 15.2. The van der Waals surface area contributed by atoms with Crippen molar-refractivity contribution in [3.63, 3.8) is 0 Å². The molecule has 1 fully saturated rings. The van der Waals surface area contributed by atoms with Crippen molar-refractivity contribution in [3.8, 4) is 10.8 Å². The minimum absolute atomic E-state index is 0.0938. The molecule has 1 atom stereocenters. The van der Waals surface area contributed by atoms with Gasteiger partial charge in [-0.3, -0.25) is 4.79 Å². The number of rotatable bonds is 5. The molecule has 0 unspecified atom stereocenters. The number of thiophene rings is 1. The molecule has 0 spiro atoms. The fourth-order valence-corrected chi connectivity index (χ4v) is 3.33. The molecule has 3 rings (SSSR count). The van der Waals surface area contributed by atoms with E-state index in [-0.39, 0.29) is 12.0 Å². The van der Waals surface area contributed by atoms with Gasteiger partial charge in [-0.2, -0.15) is 0 Å². The average Bonchev–Trinajstić information content (AvgIpc) is 3.21. The molecule has 0 bridgehead atoms. The van der Waals surface area contributed by atoms with Crippen LogP contribution in [-0.2, 0) is 16.0 Å². The lowest BCUT2D eigenvalue weighted by Gasteiger charge is -2.15. The number of carbonyl (C=O) groups excluding carboxylic acids is 1. The third-order valence-electron chi connectivity index (χ3n) is 3.84. The molecule has 2 aromatic rings. The van der Waals surface area contributed by atoms with Gasteiger partial charge in [-0.15, -0.1) is 11.3 Å². The van der Waals surface area contributed by atoms with Crippen LogP contribution in [0.5, 0.6) is 0 Å². The van der Waals surface area contributed by atoms with Crippen LogP contribution in [-0.4, -0.2) is 41.6 Å². The maximum Gasteiger partial charge on any atom is 0.236 e. The summed E-state index contributed by atoms with van der Waals surface area (Å²) in [5.74, 6) is 1.41. The van der Waals surface area contributed by atoms with Gasteiger partial charge in [0.25, 0.3) is 0 Å². The maximum absolute atomic E-state index is 12.4. The Morgan fingerprint density at radius 1 is 1.59 bits per heavy atom. The highest BCUT2D eigenvalue weighted by molar-refractivity contribution is 7.13. The summed E-state index contributed by atoms with van der Waals surface area (Å²) in [7, 11) is 0. The summed E-state index contributed by atoms with van der Waals surface area (Å²) < 4.78 is 11.3. The minimum Gasteiger partial charge on any atom is -0.440 e. The molecule has 118 valence electrons. The van der Waals surface area contributed by atoms with Gasteiger partial charge >= 0.3 is 0 Å². The number of amides is 1. The van der Waals surface area contributed by atoms with E-state index in [9.17, 15) is 4.79 Å². The number of likely N-dealkylation sites (tertiary alicyclic amines) is 1. The van der Waals surface area contributed by atoms with E-state index < -0.39 is 0 Å². The third kappa shape index (κ3) is 3.23. The zero-order valence-corrected chi connectivity index (χ0v) is 13.7. The van der Waals surface area contributed by atoms with Crippen LogP contribution in [0.2, 0.25) is 0 Å². The third-order valence-corrected chi connectivity index (χ3v) is 4.70. The highest BCUT2D eigenvalue weighted by Gasteiger charge is 2.27. The Hall–Kier alpha value is -1.66. The lowest BCUT2D eigenvalue weighted by molar-refractivity contribution is -0.130. The van der Waals surface area contributed by atoms with Gasteiger partial charge in [-0.05, 0) is 31.7 Å². The molecule has 6 heteroatoms.